The monoisotopic (exact) mass is 519 g/mol. The SMILES string of the molecule is CSc1ncc(C(=O)N(C)Cc2cc(C(F)(F)F)cc(C(F)(F)F)c2)c(-c2ccccc2Cl)n1. The lowest BCUT2D eigenvalue weighted by atomic mass is 10.0. The summed E-state index contributed by atoms with van der Waals surface area (Å²) < 4.78 is 79.0. The lowest BCUT2D eigenvalue weighted by Crippen LogP contribution is -2.27. The maximum absolute atomic E-state index is 13.2. The Bertz CT molecular complexity index is 1180. The van der Waals surface area contributed by atoms with Gasteiger partial charge in [0.1, 0.15) is 0 Å². The van der Waals surface area contributed by atoms with Crippen molar-refractivity contribution >= 4 is 29.3 Å². The molecule has 1 amide bonds. The summed E-state index contributed by atoms with van der Waals surface area (Å²) in [6, 6.07) is 7.80. The molecule has 1 aromatic heterocycles. The zero-order valence-electron chi connectivity index (χ0n) is 17.6. The van der Waals surface area contributed by atoms with Crippen molar-refractivity contribution in [3.63, 3.8) is 0 Å². The summed E-state index contributed by atoms with van der Waals surface area (Å²) in [6.45, 7) is -0.516. The number of amides is 1. The lowest BCUT2D eigenvalue weighted by molar-refractivity contribution is -0.143. The number of aromatic nitrogens is 2. The first-order valence-corrected chi connectivity index (χ1v) is 11.1. The van der Waals surface area contributed by atoms with Gasteiger partial charge in [0.2, 0.25) is 0 Å². The van der Waals surface area contributed by atoms with Crippen molar-refractivity contribution in [2.24, 2.45) is 0 Å². The van der Waals surface area contributed by atoms with E-state index in [9.17, 15) is 31.1 Å². The summed E-state index contributed by atoms with van der Waals surface area (Å²) in [6.07, 6.45) is -7.00. The van der Waals surface area contributed by atoms with E-state index in [0.717, 1.165) is 4.90 Å². The van der Waals surface area contributed by atoms with Gasteiger partial charge in [-0.25, -0.2) is 9.97 Å². The third-order valence-electron chi connectivity index (χ3n) is 4.72. The van der Waals surface area contributed by atoms with Crippen molar-refractivity contribution in [2.75, 3.05) is 13.3 Å². The molecule has 34 heavy (non-hydrogen) atoms. The van der Waals surface area contributed by atoms with Gasteiger partial charge in [0, 0.05) is 30.4 Å². The summed E-state index contributed by atoms with van der Waals surface area (Å²) in [5.41, 5.74) is -2.63. The van der Waals surface area contributed by atoms with Crippen LogP contribution in [0.4, 0.5) is 26.3 Å². The molecule has 12 heteroatoms. The van der Waals surface area contributed by atoms with E-state index in [2.05, 4.69) is 9.97 Å². The molecule has 0 saturated carbocycles. The Morgan fingerprint density at radius 1 is 1.03 bits per heavy atom. The maximum Gasteiger partial charge on any atom is 0.416 e. The Balaban J connectivity index is 2.01. The summed E-state index contributed by atoms with van der Waals surface area (Å²) >= 11 is 7.47. The zero-order chi connectivity index (χ0) is 25.3. The molecule has 3 aromatic rings. The Morgan fingerprint density at radius 2 is 1.62 bits per heavy atom. The van der Waals surface area contributed by atoms with Gasteiger partial charge in [0.25, 0.3) is 5.91 Å². The van der Waals surface area contributed by atoms with Crippen LogP contribution in [0.25, 0.3) is 11.3 Å². The van der Waals surface area contributed by atoms with Crippen LogP contribution in [0, 0.1) is 0 Å². The summed E-state index contributed by atoms with van der Waals surface area (Å²) in [5, 5.41) is 0.652. The first-order chi connectivity index (χ1) is 15.8. The van der Waals surface area contributed by atoms with Gasteiger partial charge in [-0.05, 0) is 36.1 Å². The van der Waals surface area contributed by atoms with Crippen LogP contribution in [0.15, 0.2) is 53.8 Å². The van der Waals surface area contributed by atoms with E-state index in [1.807, 2.05) is 0 Å². The van der Waals surface area contributed by atoms with Crippen LogP contribution in [-0.4, -0.2) is 34.1 Å². The van der Waals surface area contributed by atoms with E-state index in [1.54, 1.807) is 30.5 Å². The highest BCUT2D eigenvalue weighted by Crippen LogP contribution is 2.37. The molecule has 0 aliphatic rings. The molecule has 2 aromatic carbocycles. The molecule has 0 saturated heterocycles. The molecule has 0 radical (unpaired) electrons. The van der Waals surface area contributed by atoms with E-state index < -0.39 is 35.9 Å². The molecule has 0 unspecified atom stereocenters. The average Bonchev–Trinajstić information content (AvgIpc) is 2.77. The molecule has 0 spiro atoms. The molecule has 0 fully saturated rings. The normalized spacial score (nSPS) is 12.0. The fourth-order valence-electron chi connectivity index (χ4n) is 3.14. The number of carbonyl (C=O) groups excluding carboxylic acids is 1. The van der Waals surface area contributed by atoms with Crippen LogP contribution in [0.5, 0.6) is 0 Å². The molecule has 3 rings (SSSR count). The number of halogens is 7. The number of alkyl halides is 6. The van der Waals surface area contributed by atoms with E-state index >= 15 is 0 Å². The minimum absolute atomic E-state index is 0.00331. The highest BCUT2D eigenvalue weighted by molar-refractivity contribution is 7.98. The molecule has 4 nitrogen and oxygen atoms in total. The number of rotatable bonds is 5. The number of hydrogen-bond acceptors (Lipinski definition) is 4. The van der Waals surface area contributed by atoms with Gasteiger partial charge in [0.15, 0.2) is 5.16 Å². The van der Waals surface area contributed by atoms with Crippen LogP contribution < -0.4 is 0 Å². The standard InChI is InChI=1S/C22H16ClF6N3OS/c1-32(11-12-7-13(21(24,25)26)9-14(8-12)22(27,28)29)19(33)16-10-30-20(34-2)31-18(16)15-5-3-4-6-17(15)23/h3-10H,11H2,1-2H3. The fraction of sp³-hybridized carbons (Fsp3) is 0.227. The molecule has 0 bridgehead atoms. The number of benzene rings is 2. The smallest absolute Gasteiger partial charge is 0.337 e. The van der Waals surface area contributed by atoms with Gasteiger partial charge in [-0.1, -0.05) is 41.6 Å². The van der Waals surface area contributed by atoms with Gasteiger partial charge in [0.05, 0.1) is 22.4 Å². The topological polar surface area (TPSA) is 46.1 Å². The predicted octanol–water partition coefficient (Wildman–Crippen LogP) is 6.83. The fourth-order valence-corrected chi connectivity index (χ4v) is 3.71. The Kier molecular flexibility index (Phi) is 7.47. The van der Waals surface area contributed by atoms with Gasteiger partial charge in [-0.3, -0.25) is 4.79 Å². The Labute approximate surface area is 200 Å². The summed E-state index contributed by atoms with van der Waals surface area (Å²) in [7, 11) is 1.26. The second-order valence-electron chi connectivity index (χ2n) is 7.17. The van der Waals surface area contributed by atoms with Crippen LogP contribution in [-0.2, 0) is 18.9 Å². The number of hydrogen-bond donors (Lipinski definition) is 0. The quantitative estimate of drug-likeness (QED) is 0.211. The van der Waals surface area contributed by atoms with Crippen molar-refractivity contribution in [3.8, 4) is 11.3 Å². The second kappa shape index (κ2) is 9.83. The number of thioether (sulfide) groups is 1. The van der Waals surface area contributed by atoms with Crippen LogP contribution in [0.1, 0.15) is 27.0 Å². The predicted molar refractivity (Wildman–Crippen MR) is 117 cm³/mol. The largest absolute Gasteiger partial charge is 0.416 e. The van der Waals surface area contributed by atoms with Crippen LogP contribution in [0.3, 0.4) is 0 Å². The Hall–Kier alpha value is -2.79. The minimum atomic E-state index is -4.99. The molecule has 180 valence electrons. The summed E-state index contributed by atoms with van der Waals surface area (Å²) in [4.78, 5) is 22.6. The lowest BCUT2D eigenvalue weighted by Gasteiger charge is -2.21. The van der Waals surface area contributed by atoms with Crippen molar-refractivity contribution in [1.82, 2.24) is 14.9 Å². The maximum atomic E-state index is 13.2. The van der Waals surface area contributed by atoms with Crippen molar-refractivity contribution in [2.45, 2.75) is 24.1 Å². The van der Waals surface area contributed by atoms with Crippen molar-refractivity contribution in [1.29, 1.82) is 0 Å². The molecular formula is C22H16ClF6N3OS. The number of nitrogens with zero attached hydrogens (tertiary/aromatic N) is 3. The summed E-state index contributed by atoms with van der Waals surface area (Å²) in [5.74, 6) is -0.700. The highest BCUT2D eigenvalue weighted by atomic mass is 35.5. The first-order valence-electron chi connectivity index (χ1n) is 9.51. The second-order valence-corrected chi connectivity index (χ2v) is 8.35. The molecule has 0 aliphatic carbocycles. The van der Waals surface area contributed by atoms with Gasteiger partial charge in [-0.2, -0.15) is 26.3 Å². The highest BCUT2D eigenvalue weighted by Gasteiger charge is 2.37. The van der Waals surface area contributed by atoms with E-state index in [-0.39, 0.29) is 22.9 Å². The van der Waals surface area contributed by atoms with Crippen molar-refractivity contribution in [3.05, 3.63) is 75.9 Å². The van der Waals surface area contributed by atoms with E-state index in [4.69, 9.17) is 11.6 Å². The van der Waals surface area contributed by atoms with Crippen LogP contribution >= 0.6 is 23.4 Å². The van der Waals surface area contributed by atoms with Gasteiger partial charge in [-0.15, -0.1) is 0 Å². The first kappa shape index (κ1) is 25.8. The molecule has 0 aliphatic heterocycles. The third kappa shape index (κ3) is 5.82. The van der Waals surface area contributed by atoms with E-state index in [1.165, 1.54) is 25.0 Å². The molecule has 0 atom stereocenters. The van der Waals surface area contributed by atoms with Gasteiger partial charge < -0.3 is 4.90 Å². The average molecular weight is 520 g/mol. The van der Waals surface area contributed by atoms with Crippen molar-refractivity contribution < 1.29 is 31.1 Å². The minimum Gasteiger partial charge on any atom is -0.337 e. The van der Waals surface area contributed by atoms with Crippen LogP contribution in [0.2, 0.25) is 5.02 Å². The van der Waals surface area contributed by atoms with E-state index in [0.29, 0.717) is 27.9 Å². The molecule has 0 N–H and O–H groups in total. The third-order valence-corrected chi connectivity index (χ3v) is 5.61. The van der Waals surface area contributed by atoms with Gasteiger partial charge >= 0.3 is 12.4 Å². The molecule has 1 heterocycles. The number of carbonyl (C=O) groups is 1. The Morgan fingerprint density at radius 3 is 2.15 bits per heavy atom. The zero-order valence-corrected chi connectivity index (χ0v) is 19.2. The molecular weight excluding hydrogens is 504 g/mol.